The number of hydrogen-bond acceptors (Lipinski definition) is 2. The summed E-state index contributed by atoms with van der Waals surface area (Å²) >= 11 is 5.93. The van der Waals surface area contributed by atoms with Gasteiger partial charge in [-0.2, -0.15) is 0 Å². The standard InChI is InChI=1S/C14H15ClN2O2/c1-17-8-4-7-12(17)13(18)9-16-14(19)10-5-2-3-6-11(10)15/h2-8,13,18H,9H2,1H3,(H,16,19). The van der Waals surface area contributed by atoms with Crippen molar-refractivity contribution in [1.29, 1.82) is 0 Å². The summed E-state index contributed by atoms with van der Waals surface area (Å²) in [5, 5.41) is 13.1. The maximum Gasteiger partial charge on any atom is 0.252 e. The molecule has 0 spiro atoms. The molecule has 19 heavy (non-hydrogen) atoms. The van der Waals surface area contributed by atoms with E-state index in [0.717, 1.165) is 5.69 Å². The molecule has 1 atom stereocenters. The van der Waals surface area contributed by atoms with Gasteiger partial charge >= 0.3 is 0 Å². The molecule has 1 aromatic carbocycles. The number of rotatable bonds is 4. The lowest BCUT2D eigenvalue weighted by Crippen LogP contribution is -2.29. The van der Waals surface area contributed by atoms with Crippen molar-refractivity contribution in [2.24, 2.45) is 7.05 Å². The van der Waals surface area contributed by atoms with Crippen LogP contribution in [0.4, 0.5) is 0 Å². The second-order valence-corrected chi connectivity index (χ2v) is 4.66. The van der Waals surface area contributed by atoms with E-state index in [-0.39, 0.29) is 12.5 Å². The van der Waals surface area contributed by atoms with Gasteiger partial charge in [0.25, 0.3) is 5.91 Å². The molecule has 0 bridgehead atoms. The smallest absolute Gasteiger partial charge is 0.252 e. The van der Waals surface area contributed by atoms with Crippen LogP contribution in [-0.4, -0.2) is 22.1 Å². The zero-order chi connectivity index (χ0) is 13.8. The van der Waals surface area contributed by atoms with Crippen LogP contribution in [0, 0.1) is 0 Å². The number of amides is 1. The Morgan fingerprint density at radius 1 is 1.37 bits per heavy atom. The molecule has 2 N–H and O–H groups in total. The van der Waals surface area contributed by atoms with Crippen molar-refractivity contribution in [3.63, 3.8) is 0 Å². The summed E-state index contributed by atoms with van der Waals surface area (Å²) in [6, 6.07) is 10.5. The molecule has 2 aromatic rings. The van der Waals surface area contributed by atoms with E-state index in [2.05, 4.69) is 5.32 Å². The third kappa shape index (κ3) is 3.16. The number of nitrogens with zero attached hydrogens (tertiary/aromatic N) is 1. The highest BCUT2D eigenvalue weighted by Gasteiger charge is 2.14. The number of nitrogens with one attached hydrogen (secondary N) is 1. The minimum atomic E-state index is -0.744. The fourth-order valence-electron chi connectivity index (χ4n) is 1.86. The van der Waals surface area contributed by atoms with E-state index in [4.69, 9.17) is 11.6 Å². The predicted molar refractivity (Wildman–Crippen MR) is 74.2 cm³/mol. The molecule has 1 aromatic heterocycles. The molecule has 2 rings (SSSR count). The van der Waals surface area contributed by atoms with Gasteiger partial charge in [0.1, 0.15) is 6.10 Å². The average Bonchev–Trinajstić information content (AvgIpc) is 2.82. The second-order valence-electron chi connectivity index (χ2n) is 4.25. The van der Waals surface area contributed by atoms with E-state index in [1.54, 1.807) is 24.3 Å². The fourth-order valence-corrected chi connectivity index (χ4v) is 2.08. The van der Waals surface area contributed by atoms with Crippen LogP contribution in [0.3, 0.4) is 0 Å². The van der Waals surface area contributed by atoms with E-state index < -0.39 is 6.10 Å². The first kappa shape index (κ1) is 13.6. The van der Waals surface area contributed by atoms with Crippen LogP contribution in [0.1, 0.15) is 22.2 Å². The quantitative estimate of drug-likeness (QED) is 0.900. The number of halogens is 1. The van der Waals surface area contributed by atoms with E-state index >= 15 is 0 Å². The maximum absolute atomic E-state index is 11.9. The number of aliphatic hydroxyl groups is 1. The van der Waals surface area contributed by atoms with Gasteiger partial charge in [0, 0.05) is 25.5 Å². The third-order valence-electron chi connectivity index (χ3n) is 2.90. The SMILES string of the molecule is Cn1cccc1C(O)CNC(=O)c1ccccc1Cl. The lowest BCUT2D eigenvalue weighted by molar-refractivity contribution is 0.0912. The second kappa shape index (κ2) is 5.91. The minimum absolute atomic E-state index is 0.141. The molecular formula is C14H15ClN2O2. The highest BCUT2D eigenvalue weighted by atomic mass is 35.5. The van der Waals surface area contributed by atoms with E-state index in [0.29, 0.717) is 10.6 Å². The van der Waals surface area contributed by atoms with Gasteiger partial charge in [-0.15, -0.1) is 0 Å². The first-order valence-electron chi connectivity index (χ1n) is 5.91. The summed E-state index contributed by atoms with van der Waals surface area (Å²) in [4.78, 5) is 11.9. The predicted octanol–water partition coefficient (Wildman–Crippen LogP) is 2.14. The van der Waals surface area contributed by atoms with Gasteiger partial charge in [-0.1, -0.05) is 23.7 Å². The third-order valence-corrected chi connectivity index (χ3v) is 3.23. The Morgan fingerprint density at radius 2 is 2.11 bits per heavy atom. The van der Waals surface area contributed by atoms with Gasteiger partial charge in [0.15, 0.2) is 0 Å². The molecular weight excluding hydrogens is 264 g/mol. The summed E-state index contributed by atoms with van der Waals surface area (Å²) in [6.45, 7) is 0.141. The van der Waals surface area contributed by atoms with Gasteiger partial charge in [0.2, 0.25) is 0 Å². The van der Waals surface area contributed by atoms with Gasteiger partial charge in [0.05, 0.1) is 10.6 Å². The fraction of sp³-hybridized carbons (Fsp3) is 0.214. The highest BCUT2D eigenvalue weighted by Crippen LogP contribution is 2.15. The zero-order valence-electron chi connectivity index (χ0n) is 10.5. The molecule has 1 amide bonds. The van der Waals surface area contributed by atoms with Crippen molar-refractivity contribution < 1.29 is 9.90 Å². The Hall–Kier alpha value is -1.78. The van der Waals surface area contributed by atoms with Crippen molar-refractivity contribution in [3.05, 3.63) is 58.9 Å². The van der Waals surface area contributed by atoms with Crippen LogP contribution in [0.15, 0.2) is 42.6 Å². The Labute approximate surface area is 116 Å². The molecule has 0 aliphatic heterocycles. The Kier molecular flexibility index (Phi) is 4.24. The molecule has 5 heteroatoms. The largest absolute Gasteiger partial charge is 0.385 e. The van der Waals surface area contributed by atoms with Crippen molar-refractivity contribution >= 4 is 17.5 Å². The minimum Gasteiger partial charge on any atom is -0.385 e. The number of hydrogen-bond donors (Lipinski definition) is 2. The number of aliphatic hydroxyl groups excluding tert-OH is 1. The van der Waals surface area contributed by atoms with E-state index in [1.165, 1.54) is 0 Å². The number of carbonyl (C=O) groups is 1. The molecule has 100 valence electrons. The first-order chi connectivity index (χ1) is 9.09. The van der Waals surface area contributed by atoms with Crippen LogP contribution >= 0.6 is 11.6 Å². The summed E-state index contributed by atoms with van der Waals surface area (Å²) < 4.78 is 1.81. The molecule has 4 nitrogen and oxygen atoms in total. The number of benzene rings is 1. The number of carbonyl (C=O) groups excluding carboxylic acids is 1. The van der Waals surface area contributed by atoms with Crippen LogP contribution in [0.25, 0.3) is 0 Å². The average molecular weight is 279 g/mol. The monoisotopic (exact) mass is 278 g/mol. The normalized spacial score (nSPS) is 12.2. The summed E-state index contributed by atoms with van der Waals surface area (Å²) in [5.41, 5.74) is 1.16. The topological polar surface area (TPSA) is 54.3 Å². The molecule has 0 aliphatic carbocycles. The van der Waals surface area contributed by atoms with E-state index in [1.807, 2.05) is 29.9 Å². The molecule has 0 radical (unpaired) electrons. The lowest BCUT2D eigenvalue weighted by atomic mass is 10.2. The zero-order valence-corrected chi connectivity index (χ0v) is 11.3. The van der Waals surface area contributed by atoms with Gasteiger partial charge in [-0.25, -0.2) is 0 Å². The Balaban J connectivity index is 1.98. The van der Waals surface area contributed by atoms with Crippen LogP contribution in [-0.2, 0) is 7.05 Å². The summed E-state index contributed by atoms with van der Waals surface area (Å²) in [7, 11) is 1.84. The molecule has 0 fully saturated rings. The molecule has 0 aliphatic rings. The molecule has 0 saturated heterocycles. The maximum atomic E-state index is 11.9. The Morgan fingerprint density at radius 3 is 2.74 bits per heavy atom. The van der Waals surface area contributed by atoms with Gasteiger partial charge in [-0.3, -0.25) is 4.79 Å². The van der Waals surface area contributed by atoms with Crippen molar-refractivity contribution in [1.82, 2.24) is 9.88 Å². The number of aromatic nitrogens is 1. The van der Waals surface area contributed by atoms with Crippen molar-refractivity contribution in [2.45, 2.75) is 6.10 Å². The molecule has 1 heterocycles. The summed E-state index contributed by atoms with van der Waals surface area (Å²) in [5.74, 6) is -0.293. The molecule has 1 unspecified atom stereocenters. The van der Waals surface area contributed by atoms with Crippen LogP contribution in [0.2, 0.25) is 5.02 Å². The molecule has 0 saturated carbocycles. The first-order valence-corrected chi connectivity index (χ1v) is 6.29. The van der Waals surface area contributed by atoms with Gasteiger partial charge < -0.3 is 15.0 Å². The Bertz CT molecular complexity index is 580. The van der Waals surface area contributed by atoms with E-state index in [9.17, 15) is 9.90 Å². The van der Waals surface area contributed by atoms with Crippen molar-refractivity contribution in [3.8, 4) is 0 Å². The van der Waals surface area contributed by atoms with Crippen LogP contribution < -0.4 is 5.32 Å². The lowest BCUT2D eigenvalue weighted by Gasteiger charge is -2.13. The number of aryl methyl sites for hydroxylation is 1. The summed E-state index contributed by atoms with van der Waals surface area (Å²) in [6.07, 6.45) is 1.10. The van der Waals surface area contributed by atoms with Crippen LogP contribution in [0.5, 0.6) is 0 Å². The highest BCUT2D eigenvalue weighted by molar-refractivity contribution is 6.33. The van der Waals surface area contributed by atoms with Gasteiger partial charge in [-0.05, 0) is 24.3 Å². The van der Waals surface area contributed by atoms with Crippen molar-refractivity contribution in [2.75, 3.05) is 6.54 Å².